The van der Waals surface area contributed by atoms with Crippen molar-refractivity contribution in [2.75, 3.05) is 18.5 Å². The lowest BCUT2D eigenvalue weighted by atomic mass is 10.3. The van der Waals surface area contributed by atoms with Crippen LogP contribution in [0.1, 0.15) is 13.8 Å². The van der Waals surface area contributed by atoms with Crippen molar-refractivity contribution >= 4 is 23.3 Å². The molecule has 0 aliphatic carbocycles. The highest BCUT2D eigenvalue weighted by atomic mass is 35.5. The second kappa shape index (κ2) is 9.13. The van der Waals surface area contributed by atoms with E-state index in [9.17, 15) is 9.18 Å². The molecule has 0 aliphatic heterocycles. The molecule has 2 aromatic carbocycles. The Balaban J connectivity index is 1.71. The van der Waals surface area contributed by atoms with E-state index in [1.165, 1.54) is 18.2 Å². The van der Waals surface area contributed by atoms with Crippen molar-refractivity contribution in [3.63, 3.8) is 0 Å². The van der Waals surface area contributed by atoms with Gasteiger partial charge in [0.2, 0.25) is 0 Å². The van der Waals surface area contributed by atoms with Gasteiger partial charge in [-0.15, -0.1) is 0 Å². The number of anilines is 1. The zero-order valence-electron chi connectivity index (χ0n) is 14.0. The Bertz CT molecular complexity index is 708. The number of hydrogen-bond acceptors (Lipinski definition) is 3. The van der Waals surface area contributed by atoms with Crippen molar-refractivity contribution in [2.24, 2.45) is 0 Å². The monoisotopic (exact) mass is 366 g/mol. The molecule has 0 atom stereocenters. The van der Waals surface area contributed by atoms with Crippen LogP contribution in [0.3, 0.4) is 0 Å². The summed E-state index contributed by atoms with van der Waals surface area (Å²) in [5.41, 5.74) is 0.649. The summed E-state index contributed by atoms with van der Waals surface area (Å²) in [7, 11) is 0. The SMILES string of the molecule is CC(C)Oc1ccc(NC(=O)NCCOc2ccc(F)cc2Cl)cc1. The van der Waals surface area contributed by atoms with E-state index in [2.05, 4.69) is 10.6 Å². The number of urea groups is 1. The third-order valence-electron chi connectivity index (χ3n) is 3.02. The van der Waals surface area contributed by atoms with Crippen molar-refractivity contribution < 1.29 is 18.7 Å². The molecule has 134 valence electrons. The minimum absolute atomic E-state index is 0.0942. The van der Waals surface area contributed by atoms with Gasteiger partial charge in [0.1, 0.15) is 23.9 Å². The number of ether oxygens (including phenoxy) is 2. The average Bonchev–Trinajstić information content (AvgIpc) is 2.54. The van der Waals surface area contributed by atoms with Crippen molar-refractivity contribution in [3.05, 3.63) is 53.3 Å². The molecule has 5 nitrogen and oxygen atoms in total. The minimum atomic E-state index is -0.431. The zero-order valence-corrected chi connectivity index (χ0v) is 14.8. The largest absolute Gasteiger partial charge is 0.491 e. The number of amides is 2. The molecule has 0 fully saturated rings. The van der Waals surface area contributed by atoms with E-state index in [4.69, 9.17) is 21.1 Å². The summed E-state index contributed by atoms with van der Waals surface area (Å²) in [6, 6.07) is 10.6. The molecule has 0 unspecified atom stereocenters. The van der Waals surface area contributed by atoms with Crippen LogP contribution in [0.2, 0.25) is 5.02 Å². The van der Waals surface area contributed by atoms with E-state index in [1.54, 1.807) is 24.3 Å². The van der Waals surface area contributed by atoms with Gasteiger partial charge in [-0.05, 0) is 56.3 Å². The summed E-state index contributed by atoms with van der Waals surface area (Å²) < 4.78 is 23.8. The maximum atomic E-state index is 12.9. The highest BCUT2D eigenvalue weighted by Gasteiger charge is 2.05. The number of benzene rings is 2. The molecule has 0 bridgehead atoms. The van der Waals surface area contributed by atoms with Gasteiger partial charge in [0.25, 0.3) is 0 Å². The predicted octanol–water partition coefficient (Wildman–Crippen LogP) is 4.47. The first-order chi connectivity index (χ1) is 11.9. The Labute approximate surface area is 151 Å². The van der Waals surface area contributed by atoms with Crippen LogP contribution in [-0.4, -0.2) is 25.3 Å². The maximum Gasteiger partial charge on any atom is 0.319 e. The summed E-state index contributed by atoms with van der Waals surface area (Å²) in [5, 5.41) is 5.55. The van der Waals surface area contributed by atoms with Gasteiger partial charge in [0.05, 0.1) is 17.7 Å². The highest BCUT2D eigenvalue weighted by Crippen LogP contribution is 2.24. The van der Waals surface area contributed by atoms with Gasteiger partial charge < -0.3 is 20.1 Å². The van der Waals surface area contributed by atoms with Gasteiger partial charge in [0, 0.05) is 5.69 Å². The molecule has 0 aromatic heterocycles. The molecule has 2 aromatic rings. The first-order valence-electron chi connectivity index (χ1n) is 7.83. The van der Waals surface area contributed by atoms with Crippen LogP contribution >= 0.6 is 11.6 Å². The summed E-state index contributed by atoms with van der Waals surface area (Å²) >= 11 is 5.85. The fraction of sp³-hybridized carbons (Fsp3) is 0.278. The third kappa shape index (κ3) is 6.51. The molecule has 0 spiro atoms. The Morgan fingerprint density at radius 2 is 1.92 bits per heavy atom. The molecule has 0 aliphatic rings. The smallest absolute Gasteiger partial charge is 0.319 e. The van der Waals surface area contributed by atoms with Crippen LogP contribution in [0.4, 0.5) is 14.9 Å². The van der Waals surface area contributed by atoms with Crippen LogP contribution < -0.4 is 20.1 Å². The fourth-order valence-corrected chi connectivity index (χ4v) is 2.20. The van der Waals surface area contributed by atoms with Crippen LogP contribution in [0.25, 0.3) is 0 Å². The zero-order chi connectivity index (χ0) is 18.2. The van der Waals surface area contributed by atoms with Gasteiger partial charge in [-0.2, -0.15) is 0 Å². The number of hydrogen-bond donors (Lipinski definition) is 2. The molecule has 0 heterocycles. The minimum Gasteiger partial charge on any atom is -0.491 e. The average molecular weight is 367 g/mol. The van der Waals surface area contributed by atoms with E-state index in [0.29, 0.717) is 11.4 Å². The number of nitrogens with one attached hydrogen (secondary N) is 2. The lowest BCUT2D eigenvalue weighted by molar-refractivity contribution is 0.242. The Kier molecular flexibility index (Phi) is 6.89. The topological polar surface area (TPSA) is 59.6 Å². The van der Waals surface area contributed by atoms with Crippen LogP contribution in [-0.2, 0) is 0 Å². The standard InChI is InChI=1S/C18H20ClFN2O3/c1-12(2)25-15-6-4-14(5-7-15)22-18(23)21-9-10-24-17-8-3-13(20)11-16(17)19/h3-8,11-12H,9-10H2,1-2H3,(H2,21,22,23). The van der Waals surface area contributed by atoms with Crippen molar-refractivity contribution in [2.45, 2.75) is 20.0 Å². The lowest BCUT2D eigenvalue weighted by Crippen LogP contribution is -2.32. The second-order valence-electron chi connectivity index (χ2n) is 5.50. The molecule has 2 rings (SSSR count). The summed E-state index contributed by atoms with van der Waals surface area (Å²) in [6.07, 6.45) is 0.0942. The Morgan fingerprint density at radius 3 is 2.56 bits per heavy atom. The second-order valence-corrected chi connectivity index (χ2v) is 5.90. The van der Waals surface area contributed by atoms with Gasteiger partial charge in [-0.25, -0.2) is 9.18 Å². The number of rotatable bonds is 7. The van der Waals surface area contributed by atoms with Gasteiger partial charge in [0.15, 0.2) is 0 Å². The lowest BCUT2D eigenvalue weighted by Gasteiger charge is -2.12. The summed E-state index contributed by atoms with van der Waals surface area (Å²) in [5.74, 6) is 0.677. The normalized spacial score (nSPS) is 10.4. The predicted molar refractivity (Wildman–Crippen MR) is 96.1 cm³/mol. The van der Waals surface area contributed by atoms with Gasteiger partial charge >= 0.3 is 6.03 Å². The Morgan fingerprint density at radius 1 is 1.20 bits per heavy atom. The molecule has 2 amide bonds. The van der Waals surface area contributed by atoms with Crippen molar-refractivity contribution in [1.29, 1.82) is 0 Å². The molecule has 7 heteroatoms. The van der Waals surface area contributed by atoms with E-state index < -0.39 is 5.82 Å². The molecule has 0 saturated heterocycles. The quantitative estimate of drug-likeness (QED) is 0.711. The molecule has 0 saturated carbocycles. The molecular formula is C18H20ClFN2O3. The van der Waals surface area contributed by atoms with E-state index in [1.807, 2.05) is 13.8 Å². The first-order valence-corrected chi connectivity index (χ1v) is 8.21. The number of halogens is 2. The summed E-state index contributed by atoms with van der Waals surface area (Å²) in [4.78, 5) is 11.8. The Hall–Kier alpha value is -2.47. The highest BCUT2D eigenvalue weighted by molar-refractivity contribution is 6.32. The fourth-order valence-electron chi connectivity index (χ4n) is 1.98. The first kappa shape index (κ1) is 18.9. The van der Waals surface area contributed by atoms with Crippen molar-refractivity contribution in [1.82, 2.24) is 5.32 Å². The molecular weight excluding hydrogens is 347 g/mol. The third-order valence-corrected chi connectivity index (χ3v) is 3.32. The van der Waals surface area contributed by atoms with E-state index >= 15 is 0 Å². The summed E-state index contributed by atoms with van der Waals surface area (Å²) in [6.45, 7) is 4.37. The van der Waals surface area contributed by atoms with Crippen LogP contribution in [0.15, 0.2) is 42.5 Å². The van der Waals surface area contributed by atoms with Gasteiger partial charge in [-0.1, -0.05) is 11.6 Å². The molecule has 25 heavy (non-hydrogen) atoms. The van der Waals surface area contributed by atoms with E-state index in [0.717, 1.165) is 5.75 Å². The van der Waals surface area contributed by atoms with Crippen LogP contribution in [0, 0.1) is 5.82 Å². The molecule has 0 radical (unpaired) electrons. The van der Waals surface area contributed by atoms with Crippen molar-refractivity contribution in [3.8, 4) is 11.5 Å². The van der Waals surface area contributed by atoms with Crippen LogP contribution in [0.5, 0.6) is 11.5 Å². The van der Waals surface area contributed by atoms with Gasteiger partial charge in [-0.3, -0.25) is 0 Å². The maximum absolute atomic E-state index is 12.9. The number of carbonyl (C=O) groups excluding carboxylic acids is 1. The number of carbonyl (C=O) groups is 1. The molecule has 2 N–H and O–H groups in total. The van der Waals surface area contributed by atoms with E-state index in [-0.39, 0.29) is 30.3 Å².